The van der Waals surface area contributed by atoms with Gasteiger partial charge in [0.05, 0.1) is 25.5 Å². The van der Waals surface area contributed by atoms with Crippen LogP contribution >= 0.6 is 12.2 Å². The second kappa shape index (κ2) is 11.6. The fourth-order valence-corrected chi connectivity index (χ4v) is 3.06. The molecular weight excluding hydrogens is 438 g/mol. The van der Waals surface area contributed by atoms with E-state index in [0.29, 0.717) is 34.5 Å². The molecule has 2 N–H and O–H groups in total. The van der Waals surface area contributed by atoms with E-state index in [4.69, 9.17) is 26.4 Å². The highest BCUT2D eigenvalue weighted by Gasteiger charge is 2.13. The second-order valence-corrected chi connectivity index (χ2v) is 7.36. The van der Waals surface area contributed by atoms with Crippen LogP contribution in [0.15, 0.2) is 71.8 Å². The highest BCUT2D eigenvalue weighted by Crippen LogP contribution is 2.29. The van der Waals surface area contributed by atoms with Crippen molar-refractivity contribution in [3.05, 3.63) is 83.4 Å². The van der Waals surface area contributed by atoms with Gasteiger partial charge in [-0.2, -0.15) is 5.10 Å². The first kappa shape index (κ1) is 23.7. The Kier molecular flexibility index (Phi) is 8.37. The van der Waals surface area contributed by atoms with Crippen LogP contribution in [0.1, 0.15) is 28.4 Å². The number of nitrogens with one attached hydrogen (secondary N) is 2. The monoisotopic (exact) mass is 463 g/mol. The molecule has 0 spiro atoms. The zero-order valence-electron chi connectivity index (χ0n) is 18.6. The van der Waals surface area contributed by atoms with Crippen molar-refractivity contribution in [1.82, 2.24) is 5.43 Å². The summed E-state index contributed by atoms with van der Waals surface area (Å²) in [4.78, 5) is 12.5. The molecule has 170 valence electrons. The number of hydrazone groups is 1. The van der Waals surface area contributed by atoms with Gasteiger partial charge in [0, 0.05) is 5.69 Å². The maximum atomic E-state index is 12.5. The topological polar surface area (TPSA) is 81.2 Å². The summed E-state index contributed by atoms with van der Waals surface area (Å²) in [7, 11) is 1.57. The van der Waals surface area contributed by atoms with E-state index in [9.17, 15) is 4.79 Å². The molecule has 0 unspecified atom stereocenters. The number of thiocarbonyl (C=S) groups is 1. The largest absolute Gasteiger partial charge is 0.497 e. The van der Waals surface area contributed by atoms with Gasteiger partial charge in [0.2, 0.25) is 0 Å². The van der Waals surface area contributed by atoms with E-state index in [0.717, 1.165) is 16.8 Å². The van der Waals surface area contributed by atoms with Gasteiger partial charge in [-0.1, -0.05) is 12.1 Å². The van der Waals surface area contributed by atoms with Crippen molar-refractivity contribution in [3.8, 4) is 17.2 Å². The fourth-order valence-electron chi connectivity index (χ4n) is 2.89. The molecule has 0 fully saturated rings. The average Bonchev–Trinajstić information content (AvgIpc) is 2.81. The Labute approximate surface area is 198 Å². The molecule has 0 saturated heterocycles. The molecule has 0 aliphatic heterocycles. The highest BCUT2D eigenvalue weighted by atomic mass is 32.1. The summed E-state index contributed by atoms with van der Waals surface area (Å²) in [6, 6.07) is 19.7. The molecule has 8 heteroatoms. The van der Waals surface area contributed by atoms with Gasteiger partial charge in [0.15, 0.2) is 16.6 Å². The maximum Gasteiger partial charge on any atom is 0.343 e. The number of hydrogen-bond acceptors (Lipinski definition) is 6. The molecule has 7 nitrogen and oxygen atoms in total. The number of rotatable bonds is 8. The summed E-state index contributed by atoms with van der Waals surface area (Å²) in [5.41, 5.74) is 5.94. The first-order valence-electron chi connectivity index (χ1n) is 10.3. The minimum Gasteiger partial charge on any atom is -0.497 e. The first-order valence-corrected chi connectivity index (χ1v) is 10.7. The van der Waals surface area contributed by atoms with Crippen molar-refractivity contribution in [2.75, 3.05) is 19.0 Å². The Morgan fingerprint density at radius 1 is 1.06 bits per heavy atom. The molecule has 0 heterocycles. The van der Waals surface area contributed by atoms with E-state index >= 15 is 0 Å². The van der Waals surface area contributed by atoms with Gasteiger partial charge in [-0.15, -0.1) is 0 Å². The number of anilines is 1. The summed E-state index contributed by atoms with van der Waals surface area (Å²) in [6.45, 7) is 4.27. The number of carbonyl (C=O) groups excluding carboxylic acids is 1. The molecule has 0 aliphatic carbocycles. The lowest BCUT2D eigenvalue weighted by Gasteiger charge is -2.11. The molecule has 0 aromatic heterocycles. The molecule has 0 atom stereocenters. The van der Waals surface area contributed by atoms with Crippen LogP contribution in [-0.4, -0.2) is 31.0 Å². The Balaban J connectivity index is 1.64. The summed E-state index contributed by atoms with van der Waals surface area (Å²) >= 11 is 5.27. The van der Waals surface area contributed by atoms with E-state index in [2.05, 4.69) is 15.8 Å². The lowest BCUT2D eigenvalue weighted by atomic mass is 10.2. The Morgan fingerprint density at radius 3 is 2.55 bits per heavy atom. The van der Waals surface area contributed by atoms with Crippen molar-refractivity contribution in [1.29, 1.82) is 0 Å². The van der Waals surface area contributed by atoms with Crippen LogP contribution in [0.25, 0.3) is 0 Å². The van der Waals surface area contributed by atoms with Gasteiger partial charge in [0.1, 0.15) is 5.75 Å². The smallest absolute Gasteiger partial charge is 0.343 e. The van der Waals surface area contributed by atoms with Gasteiger partial charge in [-0.3, -0.25) is 5.43 Å². The molecule has 33 heavy (non-hydrogen) atoms. The van der Waals surface area contributed by atoms with Crippen LogP contribution in [0.5, 0.6) is 17.2 Å². The summed E-state index contributed by atoms with van der Waals surface area (Å²) in [5.74, 6) is 0.921. The highest BCUT2D eigenvalue weighted by molar-refractivity contribution is 7.80. The first-order chi connectivity index (χ1) is 16.0. The summed E-state index contributed by atoms with van der Waals surface area (Å²) in [6.07, 6.45) is 1.60. The normalized spacial score (nSPS) is 10.5. The molecule has 0 radical (unpaired) electrons. The molecule has 0 bridgehead atoms. The zero-order chi connectivity index (χ0) is 23.6. The Hall–Kier alpha value is -3.91. The third-order valence-corrected chi connectivity index (χ3v) is 4.64. The van der Waals surface area contributed by atoms with Gasteiger partial charge < -0.3 is 19.5 Å². The van der Waals surface area contributed by atoms with Crippen LogP contribution in [-0.2, 0) is 0 Å². The van der Waals surface area contributed by atoms with Crippen molar-refractivity contribution in [2.45, 2.75) is 13.8 Å². The third kappa shape index (κ3) is 7.05. The van der Waals surface area contributed by atoms with Gasteiger partial charge in [-0.05, 0) is 91.8 Å². The maximum absolute atomic E-state index is 12.5. The fraction of sp³-hybridized carbons (Fsp3) is 0.160. The SMILES string of the molecule is CCOc1cc(C=NNC(=S)Nc2cccc(C)c2)ccc1OC(=O)c1ccc(OC)cc1. The predicted octanol–water partition coefficient (Wildman–Crippen LogP) is 4.94. The lowest BCUT2D eigenvalue weighted by molar-refractivity contribution is 0.0728. The molecule has 3 aromatic rings. The van der Waals surface area contributed by atoms with Gasteiger partial charge in [0.25, 0.3) is 0 Å². The molecule has 3 rings (SSSR count). The van der Waals surface area contributed by atoms with Crippen molar-refractivity contribution in [2.24, 2.45) is 5.10 Å². The number of esters is 1. The quantitative estimate of drug-likeness (QED) is 0.161. The number of nitrogens with zero attached hydrogens (tertiary/aromatic N) is 1. The van der Waals surface area contributed by atoms with Crippen LogP contribution in [0.3, 0.4) is 0 Å². The van der Waals surface area contributed by atoms with Crippen molar-refractivity contribution in [3.63, 3.8) is 0 Å². The van der Waals surface area contributed by atoms with Crippen LogP contribution in [0, 0.1) is 6.92 Å². The number of aryl methyl sites for hydroxylation is 1. The van der Waals surface area contributed by atoms with Crippen LogP contribution in [0.4, 0.5) is 5.69 Å². The molecule has 3 aromatic carbocycles. The standard InChI is InChI=1S/C25H25N3O4S/c1-4-31-23-15-18(16-26-28-25(33)27-20-7-5-6-17(2)14-20)8-13-22(23)32-24(29)19-9-11-21(30-3)12-10-19/h5-16H,4H2,1-3H3,(H2,27,28,33). The van der Waals surface area contributed by atoms with Crippen LogP contribution in [0.2, 0.25) is 0 Å². The Bertz CT molecular complexity index is 1150. The minimum atomic E-state index is -0.491. The predicted molar refractivity (Wildman–Crippen MR) is 134 cm³/mol. The zero-order valence-corrected chi connectivity index (χ0v) is 19.4. The van der Waals surface area contributed by atoms with Crippen molar-refractivity contribution >= 4 is 35.2 Å². The lowest BCUT2D eigenvalue weighted by Crippen LogP contribution is -2.23. The number of ether oxygens (including phenoxy) is 3. The third-order valence-electron chi connectivity index (χ3n) is 4.45. The molecule has 0 amide bonds. The summed E-state index contributed by atoms with van der Waals surface area (Å²) < 4.78 is 16.3. The number of methoxy groups -OCH3 is 1. The van der Waals surface area contributed by atoms with Crippen LogP contribution < -0.4 is 25.0 Å². The van der Waals surface area contributed by atoms with E-state index < -0.39 is 5.97 Å². The molecular formula is C25H25N3O4S. The molecule has 0 saturated carbocycles. The van der Waals surface area contributed by atoms with E-state index in [1.807, 2.05) is 38.1 Å². The van der Waals surface area contributed by atoms with E-state index in [1.165, 1.54) is 0 Å². The number of benzene rings is 3. The van der Waals surface area contributed by atoms with Gasteiger partial charge >= 0.3 is 5.97 Å². The summed E-state index contributed by atoms with van der Waals surface area (Å²) in [5, 5.41) is 7.60. The van der Waals surface area contributed by atoms with Crippen molar-refractivity contribution < 1.29 is 19.0 Å². The van der Waals surface area contributed by atoms with Gasteiger partial charge in [-0.25, -0.2) is 4.79 Å². The number of carbonyl (C=O) groups is 1. The average molecular weight is 464 g/mol. The number of hydrogen-bond donors (Lipinski definition) is 2. The van der Waals surface area contributed by atoms with E-state index in [-0.39, 0.29) is 0 Å². The van der Waals surface area contributed by atoms with E-state index in [1.54, 1.807) is 55.8 Å². The minimum absolute atomic E-state index is 0.319. The Morgan fingerprint density at radius 2 is 1.85 bits per heavy atom. The second-order valence-electron chi connectivity index (χ2n) is 6.95. The molecule has 0 aliphatic rings.